The fourth-order valence-corrected chi connectivity index (χ4v) is 3.85. The average Bonchev–Trinajstić information content (AvgIpc) is 2.85. The summed E-state index contributed by atoms with van der Waals surface area (Å²) in [6.45, 7) is 2.02. The third-order valence-corrected chi connectivity index (χ3v) is 5.04. The first-order chi connectivity index (χ1) is 8.11. The SMILES string of the molecule is CCCc1nc(-c2ccc(Br)s2)sc1C(=O)O. The Hall–Kier alpha value is -0.720. The fraction of sp³-hybridized carbons (Fsp3) is 0.273. The molecule has 0 amide bonds. The van der Waals surface area contributed by atoms with Crippen LogP contribution in [0.5, 0.6) is 0 Å². The van der Waals surface area contributed by atoms with E-state index in [4.69, 9.17) is 5.11 Å². The highest BCUT2D eigenvalue weighted by Gasteiger charge is 2.18. The summed E-state index contributed by atoms with van der Waals surface area (Å²) in [5.41, 5.74) is 0.699. The lowest BCUT2D eigenvalue weighted by molar-refractivity contribution is 0.0700. The number of aromatic nitrogens is 1. The minimum absolute atomic E-state index is 0.367. The van der Waals surface area contributed by atoms with E-state index in [-0.39, 0.29) is 0 Å². The number of halogens is 1. The van der Waals surface area contributed by atoms with Gasteiger partial charge in [0, 0.05) is 0 Å². The molecule has 0 atom stereocenters. The summed E-state index contributed by atoms with van der Waals surface area (Å²) >= 11 is 6.21. The molecule has 0 fully saturated rings. The second-order valence-electron chi connectivity index (χ2n) is 3.45. The molecule has 1 N–H and O–H groups in total. The van der Waals surface area contributed by atoms with E-state index in [1.165, 1.54) is 11.3 Å². The molecule has 0 unspecified atom stereocenters. The molecule has 0 aliphatic heterocycles. The Morgan fingerprint density at radius 2 is 2.24 bits per heavy atom. The first-order valence-electron chi connectivity index (χ1n) is 5.10. The number of aryl methyl sites for hydroxylation is 1. The molecule has 0 radical (unpaired) electrons. The molecule has 0 saturated heterocycles. The van der Waals surface area contributed by atoms with Crippen molar-refractivity contribution in [1.82, 2.24) is 4.98 Å². The van der Waals surface area contributed by atoms with Crippen LogP contribution in [0.2, 0.25) is 0 Å². The van der Waals surface area contributed by atoms with Gasteiger partial charge in [-0.25, -0.2) is 9.78 Å². The third-order valence-electron chi connectivity index (χ3n) is 2.16. The van der Waals surface area contributed by atoms with Gasteiger partial charge >= 0.3 is 5.97 Å². The quantitative estimate of drug-likeness (QED) is 0.909. The average molecular weight is 332 g/mol. The number of thiazole rings is 1. The van der Waals surface area contributed by atoms with Crippen molar-refractivity contribution < 1.29 is 9.90 Å². The van der Waals surface area contributed by atoms with Crippen molar-refractivity contribution in [3.8, 4) is 9.88 Å². The van der Waals surface area contributed by atoms with Crippen LogP contribution in [-0.4, -0.2) is 16.1 Å². The van der Waals surface area contributed by atoms with Gasteiger partial charge in [-0.15, -0.1) is 22.7 Å². The molecule has 90 valence electrons. The van der Waals surface area contributed by atoms with Gasteiger partial charge in [0.1, 0.15) is 9.88 Å². The fourth-order valence-electron chi connectivity index (χ4n) is 1.46. The number of hydrogen-bond donors (Lipinski definition) is 1. The molecule has 6 heteroatoms. The Labute approximate surface area is 115 Å². The highest BCUT2D eigenvalue weighted by Crippen LogP contribution is 2.35. The van der Waals surface area contributed by atoms with E-state index in [0.29, 0.717) is 17.0 Å². The van der Waals surface area contributed by atoms with Crippen LogP contribution in [0.1, 0.15) is 28.7 Å². The molecule has 17 heavy (non-hydrogen) atoms. The minimum Gasteiger partial charge on any atom is -0.477 e. The zero-order valence-electron chi connectivity index (χ0n) is 9.07. The largest absolute Gasteiger partial charge is 0.477 e. The molecule has 2 aromatic rings. The molecular formula is C11H10BrNO2S2. The lowest BCUT2D eigenvalue weighted by Gasteiger charge is -1.93. The van der Waals surface area contributed by atoms with Crippen molar-refractivity contribution in [1.29, 1.82) is 0 Å². The number of carbonyl (C=O) groups is 1. The third kappa shape index (κ3) is 2.75. The summed E-state index contributed by atoms with van der Waals surface area (Å²) in [5.74, 6) is -0.882. The molecule has 0 aliphatic rings. The van der Waals surface area contributed by atoms with Gasteiger partial charge in [-0.1, -0.05) is 13.3 Å². The van der Waals surface area contributed by atoms with Crippen LogP contribution in [0.4, 0.5) is 0 Å². The maximum absolute atomic E-state index is 11.1. The smallest absolute Gasteiger partial charge is 0.347 e. The number of rotatable bonds is 4. The molecule has 2 rings (SSSR count). The maximum atomic E-state index is 11.1. The number of carboxylic acid groups (broad SMARTS) is 1. The van der Waals surface area contributed by atoms with E-state index >= 15 is 0 Å². The molecule has 0 bridgehead atoms. The molecule has 2 aromatic heterocycles. The standard InChI is InChI=1S/C11H10BrNO2S2/c1-2-3-6-9(11(14)15)17-10(13-6)7-4-5-8(12)16-7/h4-5H,2-3H2,1H3,(H,14,15). The van der Waals surface area contributed by atoms with Crippen LogP contribution in [0.3, 0.4) is 0 Å². The van der Waals surface area contributed by atoms with E-state index in [0.717, 1.165) is 20.1 Å². The summed E-state index contributed by atoms with van der Waals surface area (Å²) in [4.78, 5) is 16.9. The number of aromatic carboxylic acids is 1. The lowest BCUT2D eigenvalue weighted by atomic mass is 10.2. The van der Waals surface area contributed by atoms with E-state index in [1.54, 1.807) is 11.3 Å². The van der Waals surface area contributed by atoms with Gasteiger partial charge in [-0.2, -0.15) is 0 Å². The molecule has 2 heterocycles. The number of carboxylic acids is 1. The maximum Gasteiger partial charge on any atom is 0.347 e. The number of nitrogens with zero attached hydrogens (tertiary/aromatic N) is 1. The molecule has 3 nitrogen and oxygen atoms in total. The topological polar surface area (TPSA) is 50.2 Å². The van der Waals surface area contributed by atoms with Crippen LogP contribution in [0.15, 0.2) is 15.9 Å². The van der Waals surface area contributed by atoms with Crippen molar-refractivity contribution in [3.63, 3.8) is 0 Å². The monoisotopic (exact) mass is 331 g/mol. The highest BCUT2D eigenvalue weighted by atomic mass is 79.9. The minimum atomic E-state index is -0.882. The molecule has 0 aliphatic carbocycles. The van der Waals surface area contributed by atoms with Crippen LogP contribution >= 0.6 is 38.6 Å². The molecule has 0 spiro atoms. The molecule has 0 aromatic carbocycles. The van der Waals surface area contributed by atoms with Gasteiger partial charge in [-0.3, -0.25) is 0 Å². The predicted octanol–water partition coefficient (Wildman–Crippen LogP) is 4.28. The highest BCUT2D eigenvalue weighted by molar-refractivity contribution is 9.11. The summed E-state index contributed by atoms with van der Waals surface area (Å²) in [5, 5.41) is 9.92. The Balaban J connectivity index is 2.43. The summed E-state index contributed by atoms with van der Waals surface area (Å²) in [6.07, 6.45) is 1.61. The van der Waals surface area contributed by atoms with Crippen molar-refractivity contribution in [3.05, 3.63) is 26.5 Å². The van der Waals surface area contributed by atoms with Crippen molar-refractivity contribution in [2.75, 3.05) is 0 Å². The first-order valence-corrected chi connectivity index (χ1v) is 7.53. The van der Waals surface area contributed by atoms with Crippen molar-refractivity contribution >= 4 is 44.6 Å². The summed E-state index contributed by atoms with van der Waals surface area (Å²) in [6, 6.07) is 3.90. The van der Waals surface area contributed by atoms with Crippen LogP contribution < -0.4 is 0 Å². The van der Waals surface area contributed by atoms with Crippen molar-refractivity contribution in [2.45, 2.75) is 19.8 Å². The van der Waals surface area contributed by atoms with Crippen LogP contribution in [0.25, 0.3) is 9.88 Å². The summed E-state index contributed by atoms with van der Waals surface area (Å²) < 4.78 is 1.02. The van der Waals surface area contributed by atoms with Gasteiger partial charge < -0.3 is 5.11 Å². The predicted molar refractivity (Wildman–Crippen MR) is 74.1 cm³/mol. The van der Waals surface area contributed by atoms with E-state index in [9.17, 15) is 4.79 Å². The normalized spacial score (nSPS) is 10.7. The second-order valence-corrected chi connectivity index (χ2v) is 6.92. The van der Waals surface area contributed by atoms with Gasteiger partial charge in [0.05, 0.1) is 14.4 Å². The Morgan fingerprint density at radius 1 is 1.47 bits per heavy atom. The van der Waals surface area contributed by atoms with Gasteiger partial charge in [0.15, 0.2) is 0 Å². The van der Waals surface area contributed by atoms with Gasteiger partial charge in [0.25, 0.3) is 0 Å². The molecule has 0 saturated carbocycles. The van der Waals surface area contributed by atoms with Gasteiger partial charge in [-0.05, 0) is 34.5 Å². The van der Waals surface area contributed by atoms with E-state index in [2.05, 4.69) is 20.9 Å². The summed E-state index contributed by atoms with van der Waals surface area (Å²) in [7, 11) is 0. The van der Waals surface area contributed by atoms with Crippen LogP contribution in [0, 0.1) is 0 Å². The number of thiophene rings is 1. The van der Waals surface area contributed by atoms with E-state index in [1.807, 2.05) is 19.1 Å². The number of hydrogen-bond acceptors (Lipinski definition) is 4. The molecular weight excluding hydrogens is 322 g/mol. The Morgan fingerprint density at radius 3 is 2.76 bits per heavy atom. The second kappa shape index (κ2) is 5.29. The zero-order chi connectivity index (χ0) is 12.4. The Bertz CT molecular complexity index is 547. The van der Waals surface area contributed by atoms with E-state index < -0.39 is 5.97 Å². The van der Waals surface area contributed by atoms with Gasteiger partial charge in [0.2, 0.25) is 0 Å². The Kier molecular flexibility index (Phi) is 3.96. The first kappa shape index (κ1) is 12.7. The lowest BCUT2D eigenvalue weighted by Crippen LogP contribution is -1.98. The van der Waals surface area contributed by atoms with Crippen molar-refractivity contribution in [2.24, 2.45) is 0 Å². The zero-order valence-corrected chi connectivity index (χ0v) is 12.3. The van der Waals surface area contributed by atoms with Crippen LogP contribution in [-0.2, 0) is 6.42 Å².